The van der Waals surface area contributed by atoms with Gasteiger partial charge in [0, 0.05) is 18.4 Å². The molecule has 0 unspecified atom stereocenters. The van der Waals surface area contributed by atoms with Crippen LogP contribution < -0.4 is 10.6 Å². The van der Waals surface area contributed by atoms with Crippen molar-refractivity contribution in [1.29, 1.82) is 0 Å². The van der Waals surface area contributed by atoms with E-state index >= 15 is 0 Å². The molecule has 2 amide bonds. The smallest absolute Gasteiger partial charge is 0.242 e. The van der Waals surface area contributed by atoms with Crippen molar-refractivity contribution in [3.05, 3.63) is 35.6 Å². The first-order chi connectivity index (χ1) is 11.1. The van der Waals surface area contributed by atoms with Crippen molar-refractivity contribution in [2.45, 2.75) is 56.4 Å². The molecular weight excluding hydrogens is 295 g/mol. The molecule has 124 valence electrons. The Morgan fingerprint density at radius 1 is 1.22 bits per heavy atom. The van der Waals surface area contributed by atoms with Crippen LogP contribution in [0.5, 0.6) is 0 Å². The second-order valence-corrected chi connectivity index (χ2v) is 6.72. The van der Waals surface area contributed by atoms with Crippen LogP contribution in [-0.4, -0.2) is 24.4 Å². The maximum Gasteiger partial charge on any atom is 0.242 e. The SMILES string of the molecule is O=C1CC[C@@H](C(=O)NCC2(c3ccc(F)cc3)CCCCC2)N1. The van der Waals surface area contributed by atoms with Gasteiger partial charge in [-0.3, -0.25) is 9.59 Å². The third-order valence-corrected chi connectivity index (χ3v) is 5.18. The van der Waals surface area contributed by atoms with Crippen molar-refractivity contribution in [2.75, 3.05) is 6.54 Å². The van der Waals surface area contributed by atoms with Gasteiger partial charge in [0.2, 0.25) is 11.8 Å². The first kappa shape index (κ1) is 16.0. The predicted octanol–water partition coefficient (Wildman–Crippen LogP) is 2.42. The molecule has 1 aromatic rings. The fourth-order valence-electron chi connectivity index (χ4n) is 3.79. The van der Waals surface area contributed by atoms with Gasteiger partial charge in [0.25, 0.3) is 0 Å². The Labute approximate surface area is 135 Å². The summed E-state index contributed by atoms with van der Waals surface area (Å²) in [5.41, 5.74) is 0.971. The highest BCUT2D eigenvalue weighted by Gasteiger charge is 2.35. The maximum atomic E-state index is 13.2. The van der Waals surface area contributed by atoms with Gasteiger partial charge < -0.3 is 10.6 Å². The maximum absolute atomic E-state index is 13.2. The monoisotopic (exact) mass is 318 g/mol. The summed E-state index contributed by atoms with van der Waals surface area (Å²) >= 11 is 0. The van der Waals surface area contributed by atoms with Crippen molar-refractivity contribution >= 4 is 11.8 Å². The molecule has 1 saturated carbocycles. The van der Waals surface area contributed by atoms with E-state index in [1.54, 1.807) is 0 Å². The van der Waals surface area contributed by atoms with Gasteiger partial charge in [-0.05, 0) is 37.0 Å². The lowest BCUT2D eigenvalue weighted by atomic mass is 9.69. The summed E-state index contributed by atoms with van der Waals surface area (Å²) in [4.78, 5) is 23.5. The number of hydrogen-bond donors (Lipinski definition) is 2. The van der Waals surface area contributed by atoms with Crippen LogP contribution in [0.15, 0.2) is 24.3 Å². The number of benzene rings is 1. The summed E-state index contributed by atoms with van der Waals surface area (Å²) in [6, 6.07) is 6.25. The zero-order valence-electron chi connectivity index (χ0n) is 13.2. The van der Waals surface area contributed by atoms with E-state index in [0.29, 0.717) is 19.4 Å². The summed E-state index contributed by atoms with van der Waals surface area (Å²) in [6.45, 7) is 0.545. The molecule has 4 nitrogen and oxygen atoms in total. The molecule has 23 heavy (non-hydrogen) atoms. The Morgan fingerprint density at radius 2 is 1.91 bits per heavy atom. The fourth-order valence-corrected chi connectivity index (χ4v) is 3.79. The van der Waals surface area contributed by atoms with Crippen LogP contribution in [0.1, 0.15) is 50.5 Å². The van der Waals surface area contributed by atoms with Crippen LogP contribution in [0.3, 0.4) is 0 Å². The van der Waals surface area contributed by atoms with E-state index < -0.39 is 6.04 Å². The molecule has 2 aliphatic rings. The van der Waals surface area contributed by atoms with Gasteiger partial charge in [-0.1, -0.05) is 31.4 Å². The highest BCUT2D eigenvalue weighted by molar-refractivity contribution is 5.90. The summed E-state index contributed by atoms with van der Waals surface area (Å²) in [7, 11) is 0. The third kappa shape index (κ3) is 3.54. The van der Waals surface area contributed by atoms with Crippen molar-refractivity contribution in [1.82, 2.24) is 10.6 Å². The summed E-state index contributed by atoms with van der Waals surface area (Å²) < 4.78 is 13.2. The lowest BCUT2D eigenvalue weighted by Crippen LogP contribution is -2.48. The standard InChI is InChI=1S/C18H23FN2O2/c19-14-6-4-13(5-7-14)18(10-2-1-3-11-18)12-20-17(23)15-8-9-16(22)21-15/h4-7,15H,1-3,8-12H2,(H,20,23)(H,21,22)/t15-/m0/s1. The molecule has 1 heterocycles. The minimum Gasteiger partial charge on any atom is -0.353 e. The van der Waals surface area contributed by atoms with E-state index in [0.717, 1.165) is 31.2 Å². The van der Waals surface area contributed by atoms with Crippen LogP contribution in [0.4, 0.5) is 4.39 Å². The Morgan fingerprint density at radius 3 is 2.52 bits per heavy atom. The van der Waals surface area contributed by atoms with E-state index in [4.69, 9.17) is 0 Å². The first-order valence-corrected chi connectivity index (χ1v) is 8.42. The van der Waals surface area contributed by atoms with E-state index in [1.165, 1.54) is 18.6 Å². The Kier molecular flexibility index (Phi) is 4.64. The van der Waals surface area contributed by atoms with Crippen molar-refractivity contribution in [2.24, 2.45) is 0 Å². The largest absolute Gasteiger partial charge is 0.353 e. The van der Waals surface area contributed by atoms with Crippen molar-refractivity contribution < 1.29 is 14.0 Å². The van der Waals surface area contributed by atoms with E-state index in [9.17, 15) is 14.0 Å². The molecule has 0 radical (unpaired) electrons. The summed E-state index contributed by atoms with van der Waals surface area (Å²) in [5.74, 6) is -0.406. The molecule has 1 saturated heterocycles. The normalized spacial score (nSPS) is 23.3. The molecule has 0 spiro atoms. The molecule has 0 aromatic heterocycles. The van der Waals surface area contributed by atoms with E-state index in [1.807, 2.05) is 12.1 Å². The number of halogens is 1. The van der Waals surface area contributed by atoms with Crippen LogP contribution in [-0.2, 0) is 15.0 Å². The zero-order valence-corrected chi connectivity index (χ0v) is 13.2. The molecule has 1 aliphatic heterocycles. The third-order valence-electron chi connectivity index (χ3n) is 5.18. The summed E-state index contributed by atoms with van der Waals surface area (Å²) in [5, 5.41) is 5.72. The fraction of sp³-hybridized carbons (Fsp3) is 0.556. The topological polar surface area (TPSA) is 58.2 Å². The molecule has 3 rings (SSSR count). The molecule has 1 atom stereocenters. The number of nitrogens with one attached hydrogen (secondary N) is 2. The quantitative estimate of drug-likeness (QED) is 0.896. The van der Waals surface area contributed by atoms with E-state index in [-0.39, 0.29) is 23.0 Å². The lowest BCUT2D eigenvalue weighted by molar-refractivity contribution is -0.126. The molecule has 2 fully saturated rings. The number of hydrogen-bond acceptors (Lipinski definition) is 2. The second kappa shape index (κ2) is 6.69. The van der Waals surface area contributed by atoms with Crippen LogP contribution in [0, 0.1) is 5.82 Å². The Balaban J connectivity index is 1.70. The molecule has 5 heteroatoms. The molecule has 1 aromatic carbocycles. The minimum atomic E-state index is -0.406. The predicted molar refractivity (Wildman–Crippen MR) is 85.3 cm³/mol. The summed E-state index contributed by atoms with van der Waals surface area (Å²) in [6.07, 6.45) is 6.41. The van der Waals surface area contributed by atoms with Gasteiger partial charge in [-0.25, -0.2) is 4.39 Å². The van der Waals surface area contributed by atoms with E-state index in [2.05, 4.69) is 10.6 Å². The lowest BCUT2D eigenvalue weighted by Gasteiger charge is -2.38. The van der Waals surface area contributed by atoms with Gasteiger partial charge in [0.05, 0.1) is 0 Å². The van der Waals surface area contributed by atoms with Crippen molar-refractivity contribution in [3.63, 3.8) is 0 Å². The van der Waals surface area contributed by atoms with Gasteiger partial charge in [-0.15, -0.1) is 0 Å². The highest BCUT2D eigenvalue weighted by Crippen LogP contribution is 2.39. The van der Waals surface area contributed by atoms with Crippen LogP contribution in [0.25, 0.3) is 0 Å². The van der Waals surface area contributed by atoms with Gasteiger partial charge >= 0.3 is 0 Å². The molecule has 2 N–H and O–H groups in total. The second-order valence-electron chi connectivity index (χ2n) is 6.72. The average Bonchev–Trinajstić information content (AvgIpc) is 3.01. The number of amides is 2. The van der Waals surface area contributed by atoms with Crippen LogP contribution in [0.2, 0.25) is 0 Å². The van der Waals surface area contributed by atoms with Crippen molar-refractivity contribution in [3.8, 4) is 0 Å². The number of rotatable bonds is 4. The van der Waals surface area contributed by atoms with Gasteiger partial charge in [-0.2, -0.15) is 0 Å². The molecule has 1 aliphatic carbocycles. The van der Waals surface area contributed by atoms with Crippen LogP contribution >= 0.6 is 0 Å². The first-order valence-electron chi connectivity index (χ1n) is 8.42. The number of carbonyl (C=O) groups excluding carboxylic acids is 2. The van der Waals surface area contributed by atoms with Gasteiger partial charge in [0.1, 0.15) is 11.9 Å². The zero-order chi connectivity index (χ0) is 16.3. The number of carbonyl (C=O) groups is 2. The Hall–Kier alpha value is -1.91. The molecule has 0 bridgehead atoms. The molecular formula is C18H23FN2O2. The average molecular weight is 318 g/mol. The minimum absolute atomic E-state index is 0.0592. The highest BCUT2D eigenvalue weighted by atomic mass is 19.1. The Bertz CT molecular complexity index is 579. The van der Waals surface area contributed by atoms with Gasteiger partial charge in [0.15, 0.2) is 0 Å².